The molecule has 0 bridgehead atoms. The predicted octanol–water partition coefficient (Wildman–Crippen LogP) is 3.06. The molecule has 3 heterocycles. The summed E-state index contributed by atoms with van der Waals surface area (Å²) in [4.78, 5) is 12.0. The van der Waals surface area contributed by atoms with E-state index in [0.717, 1.165) is 42.7 Å². The zero-order valence-corrected chi connectivity index (χ0v) is 17.0. The molecule has 1 aliphatic rings. The van der Waals surface area contributed by atoms with Crippen LogP contribution < -0.4 is 5.32 Å². The summed E-state index contributed by atoms with van der Waals surface area (Å²) >= 11 is 1.62. The van der Waals surface area contributed by atoms with Crippen LogP contribution in [0.1, 0.15) is 12.1 Å². The Morgan fingerprint density at radius 3 is 3.08 bits per heavy atom. The highest BCUT2D eigenvalue weighted by atomic mass is 127. The van der Waals surface area contributed by atoms with Crippen molar-refractivity contribution in [1.29, 1.82) is 0 Å². The molecule has 8 heteroatoms. The number of ether oxygens (including phenoxy) is 1. The van der Waals surface area contributed by atoms with Crippen molar-refractivity contribution in [3.05, 3.63) is 29.5 Å². The second kappa shape index (κ2) is 9.38. The van der Waals surface area contributed by atoms with E-state index in [1.54, 1.807) is 24.6 Å². The molecule has 0 radical (unpaired) electrons. The molecular formula is C16H23IN4O2S. The minimum absolute atomic E-state index is 0. The predicted molar refractivity (Wildman–Crippen MR) is 107 cm³/mol. The van der Waals surface area contributed by atoms with Crippen LogP contribution in [-0.2, 0) is 11.3 Å². The maximum Gasteiger partial charge on any atom is 0.236 e. The fourth-order valence-electron chi connectivity index (χ4n) is 2.66. The first-order valence-corrected chi connectivity index (χ1v) is 8.62. The van der Waals surface area contributed by atoms with Crippen molar-refractivity contribution in [1.82, 2.24) is 15.2 Å². The Labute approximate surface area is 163 Å². The highest BCUT2D eigenvalue weighted by Gasteiger charge is 2.19. The van der Waals surface area contributed by atoms with Gasteiger partial charge in [0, 0.05) is 33.2 Å². The molecule has 0 aliphatic carbocycles. The average Bonchev–Trinajstić information content (AvgIpc) is 3.30. The van der Waals surface area contributed by atoms with Gasteiger partial charge in [0.2, 0.25) is 5.89 Å². The highest BCUT2D eigenvalue weighted by molar-refractivity contribution is 14.0. The molecule has 1 saturated heterocycles. The van der Waals surface area contributed by atoms with Crippen LogP contribution in [0, 0.1) is 5.92 Å². The summed E-state index contributed by atoms with van der Waals surface area (Å²) in [7, 11) is 3.84. The Hall–Kier alpha value is -1.13. The number of guanidine groups is 1. The normalized spacial score (nSPS) is 17.6. The molecule has 0 saturated carbocycles. The lowest BCUT2D eigenvalue weighted by Gasteiger charge is -2.24. The molecular weight excluding hydrogens is 439 g/mol. The minimum atomic E-state index is 0. The van der Waals surface area contributed by atoms with Crippen molar-refractivity contribution in [2.75, 3.05) is 33.9 Å². The van der Waals surface area contributed by atoms with Crippen LogP contribution >= 0.6 is 35.3 Å². The SMILES string of the molecule is CN=C(NCc1coc(-c2cccs2)n1)N(C)CC1CCOC1.I. The van der Waals surface area contributed by atoms with Crippen molar-refractivity contribution in [2.24, 2.45) is 10.9 Å². The smallest absolute Gasteiger partial charge is 0.236 e. The molecule has 1 N–H and O–H groups in total. The van der Waals surface area contributed by atoms with Crippen molar-refractivity contribution < 1.29 is 9.15 Å². The summed E-state index contributed by atoms with van der Waals surface area (Å²) in [6, 6.07) is 4.00. The van der Waals surface area contributed by atoms with Crippen molar-refractivity contribution >= 4 is 41.3 Å². The van der Waals surface area contributed by atoms with Crippen LogP contribution in [0.5, 0.6) is 0 Å². The molecule has 3 rings (SSSR count). The Bertz CT molecular complexity index is 638. The Morgan fingerprint density at radius 1 is 1.54 bits per heavy atom. The van der Waals surface area contributed by atoms with Gasteiger partial charge in [-0.2, -0.15) is 0 Å². The second-order valence-electron chi connectivity index (χ2n) is 5.63. The molecule has 1 aliphatic heterocycles. The number of nitrogens with one attached hydrogen (secondary N) is 1. The number of aliphatic imine (C=N–C) groups is 1. The number of rotatable bonds is 5. The highest BCUT2D eigenvalue weighted by Crippen LogP contribution is 2.23. The summed E-state index contributed by atoms with van der Waals surface area (Å²) in [6.07, 6.45) is 2.81. The molecule has 24 heavy (non-hydrogen) atoms. The first kappa shape index (κ1) is 19.2. The quantitative estimate of drug-likeness (QED) is 0.421. The summed E-state index contributed by atoms with van der Waals surface area (Å²) < 4.78 is 11.0. The lowest BCUT2D eigenvalue weighted by Crippen LogP contribution is -2.41. The number of nitrogens with zero attached hydrogens (tertiary/aromatic N) is 3. The maximum absolute atomic E-state index is 5.53. The summed E-state index contributed by atoms with van der Waals surface area (Å²) in [6.45, 7) is 3.25. The molecule has 132 valence electrons. The fraction of sp³-hybridized carbons (Fsp3) is 0.500. The molecule has 1 unspecified atom stereocenters. The zero-order chi connectivity index (χ0) is 16.1. The van der Waals surface area contributed by atoms with E-state index in [-0.39, 0.29) is 24.0 Å². The van der Waals surface area contributed by atoms with Gasteiger partial charge in [-0.15, -0.1) is 35.3 Å². The minimum Gasteiger partial charge on any atom is -0.443 e. The van der Waals surface area contributed by atoms with E-state index in [2.05, 4.69) is 20.2 Å². The largest absolute Gasteiger partial charge is 0.443 e. The first-order valence-electron chi connectivity index (χ1n) is 7.74. The second-order valence-corrected chi connectivity index (χ2v) is 6.58. The molecule has 2 aromatic heterocycles. The average molecular weight is 462 g/mol. The van der Waals surface area contributed by atoms with Crippen molar-refractivity contribution in [2.45, 2.75) is 13.0 Å². The molecule has 1 fully saturated rings. The van der Waals surface area contributed by atoms with Crippen LogP contribution in [0.25, 0.3) is 10.8 Å². The maximum atomic E-state index is 5.53. The Balaban J connectivity index is 0.00000208. The third kappa shape index (κ3) is 4.93. The third-order valence-electron chi connectivity index (χ3n) is 3.84. The number of halogens is 1. The lowest BCUT2D eigenvalue weighted by molar-refractivity contribution is 0.181. The van der Waals surface area contributed by atoms with Gasteiger partial charge in [0.15, 0.2) is 5.96 Å². The Kier molecular flexibility index (Phi) is 7.50. The van der Waals surface area contributed by atoms with Gasteiger partial charge in [0.05, 0.1) is 23.7 Å². The van der Waals surface area contributed by atoms with Gasteiger partial charge in [-0.1, -0.05) is 6.07 Å². The lowest BCUT2D eigenvalue weighted by atomic mass is 10.1. The third-order valence-corrected chi connectivity index (χ3v) is 4.70. The van der Waals surface area contributed by atoms with E-state index in [1.165, 1.54) is 0 Å². The topological polar surface area (TPSA) is 62.9 Å². The fourth-order valence-corrected chi connectivity index (χ4v) is 3.31. The van der Waals surface area contributed by atoms with E-state index < -0.39 is 0 Å². The van der Waals surface area contributed by atoms with Gasteiger partial charge in [-0.3, -0.25) is 4.99 Å². The number of hydrogen-bond donors (Lipinski definition) is 1. The number of hydrogen-bond acceptors (Lipinski definition) is 5. The molecule has 0 aromatic carbocycles. The molecule has 1 atom stereocenters. The van der Waals surface area contributed by atoms with Gasteiger partial charge in [0.25, 0.3) is 0 Å². The molecule has 0 spiro atoms. The van der Waals surface area contributed by atoms with Gasteiger partial charge in [0.1, 0.15) is 6.26 Å². The van der Waals surface area contributed by atoms with Crippen LogP contribution in [0.15, 0.2) is 33.2 Å². The number of aromatic nitrogens is 1. The van der Waals surface area contributed by atoms with Crippen LogP contribution in [0.4, 0.5) is 0 Å². The first-order chi connectivity index (χ1) is 11.3. The van der Waals surface area contributed by atoms with Crippen molar-refractivity contribution in [3.8, 4) is 10.8 Å². The monoisotopic (exact) mass is 462 g/mol. The van der Waals surface area contributed by atoms with Crippen molar-refractivity contribution in [3.63, 3.8) is 0 Å². The summed E-state index contributed by atoms with van der Waals surface area (Å²) in [5.74, 6) is 2.11. The van der Waals surface area contributed by atoms with E-state index in [1.807, 2.05) is 24.6 Å². The summed E-state index contributed by atoms with van der Waals surface area (Å²) in [5, 5.41) is 5.35. The van der Waals surface area contributed by atoms with Gasteiger partial charge in [-0.05, 0) is 17.9 Å². The van der Waals surface area contributed by atoms with Gasteiger partial charge >= 0.3 is 0 Å². The van der Waals surface area contributed by atoms with E-state index in [9.17, 15) is 0 Å². The molecule has 6 nitrogen and oxygen atoms in total. The van der Waals surface area contributed by atoms with E-state index in [4.69, 9.17) is 9.15 Å². The van der Waals surface area contributed by atoms with Crippen LogP contribution in [0.3, 0.4) is 0 Å². The van der Waals surface area contributed by atoms with Crippen LogP contribution in [0.2, 0.25) is 0 Å². The number of oxazole rings is 1. The van der Waals surface area contributed by atoms with E-state index >= 15 is 0 Å². The molecule has 2 aromatic rings. The zero-order valence-electron chi connectivity index (χ0n) is 13.9. The Morgan fingerprint density at radius 2 is 2.42 bits per heavy atom. The summed E-state index contributed by atoms with van der Waals surface area (Å²) in [5.41, 5.74) is 0.868. The van der Waals surface area contributed by atoms with E-state index in [0.29, 0.717) is 18.4 Å². The molecule has 0 amide bonds. The number of thiophene rings is 1. The van der Waals surface area contributed by atoms with Gasteiger partial charge in [-0.25, -0.2) is 4.98 Å². The van der Waals surface area contributed by atoms with Crippen LogP contribution in [-0.4, -0.2) is 49.7 Å². The van der Waals surface area contributed by atoms with Gasteiger partial charge < -0.3 is 19.4 Å². The standard InChI is InChI=1S/C16H22N4O2S.HI/c1-17-16(20(2)9-12-5-6-21-10-12)18-8-13-11-22-15(19-13)14-4-3-7-23-14;/h3-4,7,11-12H,5-6,8-10H2,1-2H3,(H,17,18);1H.